The highest BCUT2D eigenvalue weighted by Gasteiger charge is 2.50. The molecule has 1 saturated heterocycles. The second-order valence-corrected chi connectivity index (χ2v) is 5.41. The molecule has 1 spiro atoms. The van der Waals surface area contributed by atoms with Crippen molar-refractivity contribution < 1.29 is 5.11 Å². The van der Waals surface area contributed by atoms with Crippen LogP contribution in [0, 0.1) is 11.3 Å². The third-order valence-electron chi connectivity index (χ3n) is 4.23. The molecule has 2 aliphatic carbocycles. The molecule has 74 valence electrons. The van der Waals surface area contributed by atoms with Gasteiger partial charge in [-0.2, -0.15) is 0 Å². The maximum Gasteiger partial charge on any atom is 0.0459 e. The zero-order chi connectivity index (χ0) is 8.89. The van der Waals surface area contributed by atoms with Gasteiger partial charge in [0.1, 0.15) is 0 Å². The molecule has 0 bridgehead atoms. The molecular formula is C11H19NO. The summed E-state index contributed by atoms with van der Waals surface area (Å²) in [5.74, 6) is 0.638. The average molecular weight is 181 g/mol. The van der Waals surface area contributed by atoms with Crippen molar-refractivity contribution in [3.05, 3.63) is 0 Å². The van der Waals surface area contributed by atoms with E-state index in [2.05, 4.69) is 4.90 Å². The van der Waals surface area contributed by atoms with E-state index in [9.17, 15) is 0 Å². The molecule has 2 saturated carbocycles. The Bertz CT molecular complexity index is 206. The van der Waals surface area contributed by atoms with Crippen LogP contribution in [-0.2, 0) is 0 Å². The van der Waals surface area contributed by atoms with E-state index < -0.39 is 0 Å². The fourth-order valence-electron chi connectivity index (χ4n) is 3.35. The van der Waals surface area contributed by atoms with Gasteiger partial charge in [-0.25, -0.2) is 0 Å². The topological polar surface area (TPSA) is 23.5 Å². The van der Waals surface area contributed by atoms with E-state index in [1.807, 2.05) is 0 Å². The SMILES string of the molecule is OCC1CC2(CCN(C3CC3)C2)C1. The summed E-state index contributed by atoms with van der Waals surface area (Å²) in [4.78, 5) is 2.69. The molecule has 0 aromatic heterocycles. The lowest BCUT2D eigenvalue weighted by molar-refractivity contribution is 0.0234. The number of nitrogens with zero attached hydrogens (tertiary/aromatic N) is 1. The minimum absolute atomic E-state index is 0.422. The molecule has 0 unspecified atom stereocenters. The molecule has 3 fully saturated rings. The van der Waals surface area contributed by atoms with Crippen LogP contribution in [0.4, 0.5) is 0 Å². The Hall–Kier alpha value is -0.0800. The van der Waals surface area contributed by atoms with E-state index in [0.29, 0.717) is 17.9 Å². The normalized spacial score (nSPS) is 45.5. The predicted molar refractivity (Wildman–Crippen MR) is 51.5 cm³/mol. The van der Waals surface area contributed by atoms with E-state index in [4.69, 9.17) is 5.11 Å². The lowest BCUT2D eigenvalue weighted by Gasteiger charge is -2.44. The number of rotatable bonds is 2. The van der Waals surface area contributed by atoms with Gasteiger partial charge >= 0.3 is 0 Å². The van der Waals surface area contributed by atoms with Crippen molar-refractivity contribution in [1.29, 1.82) is 0 Å². The van der Waals surface area contributed by atoms with Crippen molar-refractivity contribution in [2.24, 2.45) is 11.3 Å². The minimum atomic E-state index is 0.422. The van der Waals surface area contributed by atoms with Gasteiger partial charge in [0.25, 0.3) is 0 Å². The Kier molecular flexibility index (Phi) is 1.72. The van der Waals surface area contributed by atoms with Crippen LogP contribution in [0.3, 0.4) is 0 Å². The highest BCUT2D eigenvalue weighted by Crippen LogP contribution is 2.53. The van der Waals surface area contributed by atoms with E-state index in [-0.39, 0.29) is 0 Å². The molecule has 13 heavy (non-hydrogen) atoms. The van der Waals surface area contributed by atoms with E-state index >= 15 is 0 Å². The fraction of sp³-hybridized carbons (Fsp3) is 1.00. The summed E-state index contributed by atoms with van der Waals surface area (Å²) < 4.78 is 0. The Morgan fingerprint density at radius 2 is 2.08 bits per heavy atom. The molecule has 1 N–H and O–H groups in total. The number of hydrogen-bond donors (Lipinski definition) is 1. The van der Waals surface area contributed by atoms with Gasteiger partial charge in [0.2, 0.25) is 0 Å². The molecule has 0 aromatic carbocycles. The van der Waals surface area contributed by atoms with Gasteiger partial charge in [0.15, 0.2) is 0 Å². The van der Waals surface area contributed by atoms with Crippen molar-refractivity contribution in [3.8, 4) is 0 Å². The van der Waals surface area contributed by atoms with Crippen LogP contribution in [-0.4, -0.2) is 35.7 Å². The summed E-state index contributed by atoms with van der Waals surface area (Å²) in [5.41, 5.74) is 0.649. The first kappa shape index (κ1) is 8.25. The van der Waals surface area contributed by atoms with E-state index in [1.165, 1.54) is 45.2 Å². The van der Waals surface area contributed by atoms with Crippen LogP contribution >= 0.6 is 0 Å². The molecule has 1 aliphatic heterocycles. The summed E-state index contributed by atoms with van der Waals surface area (Å²) in [6.45, 7) is 3.10. The zero-order valence-corrected chi connectivity index (χ0v) is 8.21. The highest BCUT2D eigenvalue weighted by molar-refractivity contribution is 5.02. The standard InChI is InChI=1S/C11H19NO/c13-7-9-5-11(6-9)3-4-12(8-11)10-1-2-10/h9-10,13H,1-8H2. The molecule has 2 nitrogen and oxygen atoms in total. The molecule has 0 radical (unpaired) electrons. The van der Waals surface area contributed by atoms with Gasteiger partial charge in [-0.05, 0) is 50.0 Å². The molecule has 3 rings (SSSR count). The van der Waals surface area contributed by atoms with Crippen molar-refractivity contribution in [3.63, 3.8) is 0 Å². The van der Waals surface area contributed by atoms with Crippen LogP contribution in [0.5, 0.6) is 0 Å². The number of aliphatic hydroxyl groups excluding tert-OH is 1. The zero-order valence-electron chi connectivity index (χ0n) is 8.21. The lowest BCUT2D eigenvalue weighted by atomic mass is 9.62. The quantitative estimate of drug-likeness (QED) is 0.693. The van der Waals surface area contributed by atoms with E-state index in [0.717, 1.165) is 6.04 Å². The van der Waals surface area contributed by atoms with Crippen LogP contribution in [0.1, 0.15) is 32.1 Å². The van der Waals surface area contributed by atoms with Crippen molar-refractivity contribution in [1.82, 2.24) is 4.90 Å². The summed E-state index contributed by atoms with van der Waals surface area (Å²) >= 11 is 0. The maximum atomic E-state index is 9.00. The second-order valence-electron chi connectivity index (χ2n) is 5.41. The Labute approximate surface area is 79.9 Å². The number of hydrogen-bond acceptors (Lipinski definition) is 2. The molecule has 3 aliphatic rings. The highest BCUT2D eigenvalue weighted by atomic mass is 16.3. The van der Waals surface area contributed by atoms with Crippen molar-refractivity contribution in [2.75, 3.05) is 19.7 Å². The second kappa shape index (κ2) is 2.71. The summed E-state index contributed by atoms with van der Waals surface area (Å²) in [7, 11) is 0. The molecule has 0 aromatic rings. The van der Waals surface area contributed by atoms with Crippen LogP contribution in [0.2, 0.25) is 0 Å². The summed E-state index contributed by atoms with van der Waals surface area (Å²) in [5, 5.41) is 9.00. The monoisotopic (exact) mass is 181 g/mol. The Balaban J connectivity index is 1.57. The van der Waals surface area contributed by atoms with Crippen LogP contribution in [0.15, 0.2) is 0 Å². The minimum Gasteiger partial charge on any atom is -0.396 e. The predicted octanol–water partition coefficient (Wildman–Crippen LogP) is 1.24. The maximum absolute atomic E-state index is 9.00. The van der Waals surface area contributed by atoms with Crippen LogP contribution in [0.25, 0.3) is 0 Å². The first-order chi connectivity index (χ1) is 6.31. The molecule has 0 atom stereocenters. The largest absolute Gasteiger partial charge is 0.396 e. The first-order valence-electron chi connectivity index (χ1n) is 5.66. The Morgan fingerprint density at radius 1 is 1.31 bits per heavy atom. The number of aliphatic hydroxyl groups is 1. The molecule has 2 heteroatoms. The molecular weight excluding hydrogens is 162 g/mol. The van der Waals surface area contributed by atoms with Gasteiger partial charge in [-0.15, -0.1) is 0 Å². The first-order valence-corrected chi connectivity index (χ1v) is 5.66. The van der Waals surface area contributed by atoms with Gasteiger partial charge in [-0.1, -0.05) is 0 Å². The number of likely N-dealkylation sites (tertiary alicyclic amines) is 1. The molecule has 0 amide bonds. The summed E-state index contributed by atoms with van der Waals surface area (Å²) in [6, 6.07) is 0.951. The van der Waals surface area contributed by atoms with E-state index in [1.54, 1.807) is 0 Å². The van der Waals surface area contributed by atoms with Gasteiger partial charge in [0.05, 0.1) is 0 Å². The van der Waals surface area contributed by atoms with Crippen LogP contribution < -0.4 is 0 Å². The Morgan fingerprint density at radius 3 is 2.69 bits per heavy atom. The third-order valence-corrected chi connectivity index (χ3v) is 4.23. The summed E-state index contributed by atoms with van der Waals surface area (Å²) in [6.07, 6.45) is 6.89. The fourth-order valence-corrected chi connectivity index (χ4v) is 3.35. The van der Waals surface area contributed by atoms with Gasteiger partial charge < -0.3 is 5.11 Å². The van der Waals surface area contributed by atoms with Crippen molar-refractivity contribution in [2.45, 2.75) is 38.1 Å². The smallest absolute Gasteiger partial charge is 0.0459 e. The molecule has 1 heterocycles. The van der Waals surface area contributed by atoms with Gasteiger partial charge in [-0.3, -0.25) is 4.90 Å². The average Bonchev–Trinajstić information content (AvgIpc) is 2.82. The third kappa shape index (κ3) is 1.31. The lowest BCUT2D eigenvalue weighted by Crippen LogP contribution is -2.41. The van der Waals surface area contributed by atoms with Crippen molar-refractivity contribution >= 4 is 0 Å². The van der Waals surface area contributed by atoms with Gasteiger partial charge in [0, 0.05) is 19.2 Å².